The summed E-state index contributed by atoms with van der Waals surface area (Å²) in [5.41, 5.74) is 0.931. The number of carboxylic acid groups (broad SMARTS) is 1. The molecule has 5 heteroatoms. The molecule has 1 heterocycles. The first kappa shape index (κ1) is 12.4. The van der Waals surface area contributed by atoms with Gasteiger partial charge in [0.2, 0.25) is 5.88 Å². The highest BCUT2D eigenvalue weighted by molar-refractivity contribution is 5.73. The molecule has 0 fully saturated rings. The van der Waals surface area contributed by atoms with Crippen molar-refractivity contribution in [3.63, 3.8) is 0 Å². The van der Waals surface area contributed by atoms with Gasteiger partial charge in [0, 0.05) is 18.8 Å². The van der Waals surface area contributed by atoms with Crippen molar-refractivity contribution in [2.75, 3.05) is 7.11 Å². The molecule has 0 saturated heterocycles. The number of carbonyl (C=O) groups is 1. The molecule has 0 saturated carbocycles. The summed E-state index contributed by atoms with van der Waals surface area (Å²) in [6.07, 6.45) is 2.22. The van der Waals surface area contributed by atoms with E-state index >= 15 is 0 Å². The molecule has 1 rings (SSSR count). The van der Waals surface area contributed by atoms with E-state index in [2.05, 4.69) is 10.3 Å². The molecule has 1 aromatic heterocycles. The van der Waals surface area contributed by atoms with Gasteiger partial charge in [0.05, 0.1) is 7.11 Å². The van der Waals surface area contributed by atoms with E-state index in [-0.39, 0.29) is 0 Å². The number of methoxy groups -OCH3 is 1. The van der Waals surface area contributed by atoms with Crippen LogP contribution in [0.15, 0.2) is 18.3 Å². The van der Waals surface area contributed by atoms with Crippen molar-refractivity contribution in [2.45, 2.75) is 25.9 Å². The zero-order chi connectivity index (χ0) is 12.0. The number of nitrogens with one attached hydrogen (secondary N) is 1. The smallest absolute Gasteiger partial charge is 0.320 e. The lowest BCUT2D eigenvalue weighted by Crippen LogP contribution is -2.35. The molecule has 1 unspecified atom stereocenters. The van der Waals surface area contributed by atoms with Gasteiger partial charge in [-0.25, -0.2) is 4.98 Å². The Morgan fingerprint density at radius 2 is 2.38 bits per heavy atom. The molecule has 0 radical (unpaired) electrons. The van der Waals surface area contributed by atoms with Crippen molar-refractivity contribution >= 4 is 5.97 Å². The van der Waals surface area contributed by atoms with Gasteiger partial charge in [0.15, 0.2) is 0 Å². The molecule has 1 aromatic rings. The Bertz CT molecular complexity index is 338. The van der Waals surface area contributed by atoms with E-state index in [4.69, 9.17) is 9.84 Å². The van der Waals surface area contributed by atoms with Crippen LogP contribution >= 0.6 is 0 Å². The van der Waals surface area contributed by atoms with Crippen LogP contribution in [0.2, 0.25) is 0 Å². The van der Waals surface area contributed by atoms with Crippen molar-refractivity contribution in [3.05, 3.63) is 23.9 Å². The van der Waals surface area contributed by atoms with Crippen molar-refractivity contribution in [1.29, 1.82) is 0 Å². The highest BCUT2D eigenvalue weighted by Gasteiger charge is 2.13. The summed E-state index contributed by atoms with van der Waals surface area (Å²) in [5, 5.41) is 11.8. The maximum atomic E-state index is 10.8. The quantitative estimate of drug-likeness (QED) is 0.755. The summed E-state index contributed by atoms with van der Waals surface area (Å²) < 4.78 is 4.93. The van der Waals surface area contributed by atoms with Gasteiger partial charge in [-0.2, -0.15) is 0 Å². The van der Waals surface area contributed by atoms with E-state index in [9.17, 15) is 4.79 Å². The predicted octanol–water partition coefficient (Wildman–Crippen LogP) is 1.04. The van der Waals surface area contributed by atoms with Crippen molar-refractivity contribution in [2.24, 2.45) is 0 Å². The van der Waals surface area contributed by atoms with Gasteiger partial charge >= 0.3 is 5.97 Å². The molecule has 0 aliphatic heterocycles. The second kappa shape index (κ2) is 6.07. The van der Waals surface area contributed by atoms with Crippen LogP contribution < -0.4 is 10.1 Å². The standard InChI is InChI=1S/C11H16N2O3/c1-3-9(11(14)15)12-6-8-4-5-10(16-2)13-7-8/h4-5,7,9,12H,3,6H2,1-2H3,(H,14,15). The Kier molecular flexibility index (Phi) is 4.72. The van der Waals surface area contributed by atoms with E-state index in [1.807, 2.05) is 13.0 Å². The molecular weight excluding hydrogens is 208 g/mol. The predicted molar refractivity (Wildman–Crippen MR) is 59.3 cm³/mol. The van der Waals surface area contributed by atoms with E-state index in [0.717, 1.165) is 5.56 Å². The Morgan fingerprint density at radius 1 is 1.62 bits per heavy atom. The average molecular weight is 224 g/mol. The normalized spacial score (nSPS) is 12.1. The van der Waals surface area contributed by atoms with Gasteiger partial charge in [0.25, 0.3) is 0 Å². The van der Waals surface area contributed by atoms with E-state index in [1.54, 1.807) is 19.4 Å². The van der Waals surface area contributed by atoms with Crippen LogP contribution in [0.3, 0.4) is 0 Å². The summed E-state index contributed by atoms with van der Waals surface area (Å²) in [6.45, 7) is 2.32. The monoisotopic (exact) mass is 224 g/mol. The lowest BCUT2D eigenvalue weighted by molar-refractivity contribution is -0.139. The molecular formula is C11H16N2O3. The third-order valence-electron chi connectivity index (χ3n) is 2.27. The van der Waals surface area contributed by atoms with Crippen LogP contribution in [0.5, 0.6) is 5.88 Å². The van der Waals surface area contributed by atoms with Gasteiger partial charge in [-0.05, 0) is 12.0 Å². The number of ether oxygens (including phenoxy) is 1. The van der Waals surface area contributed by atoms with Crippen LogP contribution in [-0.2, 0) is 11.3 Å². The number of hydrogen-bond donors (Lipinski definition) is 2. The van der Waals surface area contributed by atoms with E-state index in [0.29, 0.717) is 18.8 Å². The molecule has 1 atom stereocenters. The van der Waals surface area contributed by atoms with Gasteiger partial charge < -0.3 is 15.2 Å². The average Bonchev–Trinajstić information content (AvgIpc) is 2.30. The summed E-state index contributed by atoms with van der Waals surface area (Å²) in [4.78, 5) is 14.8. The van der Waals surface area contributed by atoms with Crippen LogP contribution in [0.4, 0.5) is 0 Å². The second-order valence-corrected chi connectivity index (χ2v) is 3.39. The Labute approximate surface area is 94.5 Å². The molecule has 5 nitrogen and oxygen atoms in total. The largest absolute Gasteiger partial charge is 0.481 e. The first-order valence-corrected chi connectivity index (χ1v) is 5.12. The SMILES string of the molecule is CCC(NCc1ccc(OC)nc1)C(=O)O. The summed E-state index contributed by atoms with van der Waals surface area (Å²) >= 11 is 0. The molecule has 0 aliphatic carbocycles. The van der Waals surface area contributed by atoms with Crippen LogP contribution in [0.1, 0.15) is 18.9 Å². The van der Waals surface area contributed by atoms with Gasteiger partial charge in [-0.15, -0.1) is 0 Å². The number of hydrogen-bond acceptors (Lipinski definition) is 4. The minimum atomic E-state index is -0.830. The lowest BCUT2D eigenvalue weighted by Gasteiger charge is -2.11. The molecule has 2 N–H and O–H groups in total. The molecule has 16 heavy (non-hydrogen) atoms. The Hall–Kier alpha value is -1.62. The lowest BCUT2D eigenvalue weighted by atomic mass is 10.2. The third-order valence-corrected chi connectivity index (χ3v) is 2.27. The molecule has 0 aromatic carbocycles. The number of aromatic nitrogens is 1. The molecule has 0 amide bonds. The van der Waals surface area contributed by atoms with Crippen molar-refractivity contribution < 1.29 is 14.6 Å². The van der Waals surface area contributed by atoms with Crippen LogP contribution in [0, 0.1) is 0 Å². The van der Waals surface area contributed by atoms with Crippen molar-refractivity contribution in [3.8, 4) is 5.88 Å². The number of pyridine rings is 1. The first-order chi connectivity index (χ1) is 7.67. The zero-order valence-electron chi connectivity index (χ0n) is 9.43. The van der Waals surface area contributed by atoms with Gasteiger partial charge in [0.1, 0.15) is 6.04 Å². The minimum Gasteiger partial charge on any atom is -0.481 e. The fourth-order valence-corrected chi connectivity index (χ4v) is 1.28. The fourth-order valence-electron chi connectivity index (χ4n) is 1.28. The van der Waals surface area contributed by atoms with E-state index in [1.165, 1.54) is 0 Å². The summed E-state index contributed by atoms with van der Waals surface area (Å²) in [5.74, 6) is -0.280. The molecule has 88 valence electrons. The number of carboxylic acids is 1. The molecule has 0 bridgehead atoms. The second-order valence-electron chi connectivity index (χ2n) is 3.39. The highest BCUT2D eigenvalue weighted by Crippen LogP contribution is 2.06. The fraction of sp³-hybridized carbons (Fsp3) is 0.455. The zero-order valence-corrected chi connectivity index (χ0v) is 9.43. The molecule has 0 spiro atoms. The molecule has 0 aliphatic rings. The Balaban J connectivity index is 2.50. The number of aliphatic carboxylic acids is 1. The summed E-state index contributed by atoms with van der Waals surface area (Å²) in [7, 11) is 1.55. The van der Waals surface area contributed by atoms with Crippen LogP contribution in [0.25, 0.3) is 0 Å². The van der Waals surface area contributed by atoms with Crippen molar-refractivity contribution in [1.82, 2.24) is 10.3 Å². The topological polar surface area (TPSA) is 71.5 Å². The Morgan fingerprint density at radius 3 is 2.81 bits per heavy atom. The number of rotatable bonds is 6. The maximum absolute atomic E-state index is 10.8. The van der Waals surface area contributed by atoms with Crippen LogP contribution in [-0.4, -0.2) is 29.2 Å². The third kappa shape index (κ3) is 3.51. The van der Waals surface area contributed by atoms with Gasteiger partial charge in [-0.3, -0.25) is 4.79 Å². The highest BCUT2D eigenvalue weighted by atomic mass is 16.5. The summed E-state index contributed by atoms with van der Waals surface area (Å²) in [6, 6.07) is 3.09. The van der Waals surface area contributed by atoms with E-state index < -0.39 is 12.0 Å². The number of nitrogens with zero attached hydrogens (tertiary/aromatic N) is 1. The first-order valence-electron chi connectivity index (χ1n) is 5.12. The minimum absolute atomic E-state index is 0.488. The maximum Gasteiger partial charge on any atom is 0.320 e. The van der Waals surface area contributed by atoms with Gasteiger partial charge in [-0.1, -0.05) is 13.0 Å².